The van der Waals surface area contributed by atoms with Crippen LogP contribution >= 0.6 is 0 Å². The second-order valence-electron chi connectivity index (χ2n) is 8.85. The molecule has 0 saturated carbocycles. The predicted octanol–water partition coefficient (Wildman–Crippen LogP) is 2.90. The van der Waals surface area contributed by atoms with Crippen LogP contribution in [0.4, 0.5) is 5.82 Å². The molecule has 0 unspecified atom stereocenters. The number of carbonyl (C=O) groups excluding carboxylic acids is 2. The first kappa shape index (κ1) is 23.0. The fourth-order valence-electron chi connectivity index (χ4n) is 4.53. The average Bonchev–Trinajstić information content (AvgIpc) is 2.84. The third-order valence-electron chi connectivity index (χ3n) is 6.54. The first-order valence-electron chi connectivity index (χ1n) is 11.7. The topological polar surface area (TPSA) is 107 Å². The van der Waals surface area contributed by atoms with Crippen molar-refractivity contribution < 1.29 is 19.1 Å². The zero-order valence-corrected chi connectivity index (χ0v) is 18.9. The van der Waals surface area contributed by atoms with Crippen molar-refractivity contribution in [3.05, 3.63) is 53.7 Å². The number of para-hydroxylation sites is 1. The zero-order valence-electron chi connectivity index (χ0n) is 18.9. The number of fused-ring (bicyclic) bond motifs is 1. The lowest BCUT2D eigenvalue weighted by Crippen LogP contribution is -2.46. The molecule has 0 atom stereocenters. The van der Waals surface area contributed by atoms with Gasteiger partial charge >= 0.3 is 0 Å². The molecule has 1 spiro atoms. The summed E-state index contributed by atoms with van der Waals surface area (Å²) in [6, 6.07) is 12.5. The van der Waals surface area contributed by atoms with Gasteiger partial charge in [-0.2, -0.15) is 0 Å². The zero-order chi connectivity index (χ0) is 23.1. The van der Waals surface area contributed by atoms with Gasteiger partial charge in [-0.25, -0.2) is 4.98 Å². The molecule has 2 aliphatic heterocycles. The summed E-state index contributed by atoms with van der Waals surface area (Å²) in [6.45, 7) is 3.43. The maximum absolute atomic E-state index is 12.9. The summed E-state index contributed by atoms with van der Waals surface area (Å²) in [6.07, 6.45) is 4.64. The number of likely N-dealkylation sites (tertiary alicyclic amines) is 1. The molecular formula is C25H32N4O4. The second kappa shape index (κ2) is 10.7. The molecule has 33 heavy (non-hydrogen) atoms. The van der Waals surface area contributed by atoms with Crippen molar-refractivity contribution in [3.63, 3.8) is 0 Å². The summed E-state index contributed by atoms with van der Waals surface area (Å²) in [5.41, 5.74) is 6.60. The Morgan fingerprint density at radius 1 is 1.03 bits per heavy atom. The number of nitrogens with one attached hydrogen (secondary N) is 1. The Hall–Kier alpha value is -3.13. The minimum absolute atomic E-state index is 0.0619. The van der Waals surface area contributed by atoms with E-state index in [1.165, 1.54) is 0 Å². The minimum atomic E-state index is -0.157. The van der Waals surface area contributed by atoms with Gasteiger partial charge in [0.1, 0.15) is 17.3 Å². The van der Waals surface area contributed by atoms with Crippen molar-refractivity contribution in [2.45, 2.75) is 32.1 Å². The SMILES string of the molecule is Nc1cccc(C(=O)N2CCC3(CCCCOCCNC(=O)c4ccccc4OC3)CC2)n1. The van der Waals surface area contributed by atoms with Crippen molar-refractivity contribution in [2.24, 2.45) is 5.41 Å². The largest absolute Gasteiger partial charge is 0.492 e. The molecule has 1 aromatic carbocycles. The molecule has 2 amide bonds. The van der Waals surface area contributed by atoms with Crippen LogP contribution in [0.5, 0.6) is 5.75 Å². The van der Waals surface area contributed by atoms with E-state index in [4.69, 9.17) is 15.2 Å². The number of pyridine rings is 1. The normalized spacial score (nSPS) is 19.6. The summed E-state index contributed by atoms with van der Waals surface area (Å²) < 4.78 is 11.9. The molecule has 0 bridgehead atoms. The monoisotopic (exact) mass is 452 g/mol. The van der Waals surface area contributed by atoms with Crippen molar-refractivity contribution >= 4 is 17.6 Å². The maximum atomic E-state index is 12.9. The lowest BCUT2D eigenvalue weighted by molar-refractivity contribution is 0.0337. The van der Waals surface area contributed by atoms with E-state index in [-0.39, 0.29) is 17.2 Å². The summed E-state index contributed by atoms with van der Waals surface area (Å²) in [5.74, 6) is 0.693. The molecule has 2 aliphatic rings. The van der Waals surface area contributed by atoms with Gasteiger partial charge in [0.15, 0.2) is 0 Å². The van der Waals surface area contributed by atoms with Crippen LogP contribution in [0.25, 0.3) is 0 Å². The number of aromatic nitrogens is 1. The molecule has 2 aromatic rings. The predicted molar refractivity (Wildman–Crippen MR) is 125 cm³/mol. The summed E-state index contributed by atoms with van der Waals surface area (Å²) in [7, 11) is 0. The van der Waals surface area contributed by atoms with Gasteiger partial charge < -0.3 is 25.4 Å². The first-order valence-corrected chi connectivity index (χ1v) is 11.7. The van der Waals surface area contributed by atoms with Gasteiger partial charge in [0.2, 0.25) is 0 Å². The summed E-state index contributed by atoms with van der Waals surface area (Å²) in [5, 5.41) is 2.90. The standard InChI is InChI=1S/C25H32N4O4/c26-22-9-5-7-20(28-22)24(31)29-14-11-25(12-15-29)10-3-4-16-32-17-13-27-23(30)19-6-1-2-8-21(19)33-18-25/h1-2,5-9H,3-4,10-18H2,(H2,26,28)(H,27,30). The van der Waals surface area contributed by atoms with Crippen LogP contribution in [0, 0.1) is 5.41 Å². The van der Waals surface area contributed by atoms with E-state index in [0.29, 0.717) is 62.3 Å². The molecular weight excluding hydrogens is 420 g/mol. The van der Waals surface area contributed by atoms with E-state index in [2.05, 4.69) is 10.3 Å². The van der Waals surface area contributed by atoms with Gasteiger partial charge in [-0.05, 0) is 49.9 Å². The lowest BCUT2D eigenvalue weighted by Gasteiger charge is -2.42. The Bertz CT molecular complexity index is 972. The fourth-order valence-corrected chi connectivity index (χ4v) is 4.53. The molecule has 0 radical (unpaired) electrons. The van der Waals surface area contributed by atoms with Crippen molar-refractivity contribution in [2.75, 3.05) is 45.2 Å². The lowest BCUT2D eigenvalue weighted by atomic mass is 9.75. The Morgan fingerprint density at radius 2 is 1.85 bits per heavy atom. The number of rotatable bonds is 1. The number of anilines is 1. The summed E-state index contributed by atoms with van der Waals surface area (Å²) in [4.78, 5) is 31.6. The fraction of sp³-hybridized carbons (Fsp3) is 0.480. The number of nitrogens with zero attached hydrogens (tertiary/aromatic N) is 2. The Morgan fingerprint density at radius 3 is 2.67 bits per heavy atom. The van der Waals surface area contributed by atoms with Crippen LogP contribution in [0.2, 0.25) is 0 Å². The van der Waals surface area contributed by atoms with Crippen molar-refractivity contribution in [1.29, 1.82) is 0 Å². The average molecular weight is 453 g/mol. The molecule has 3 N–H and O–H groups in total. The first-order chi connectivity index (χ1) is 16.1. The number of amides is 2. The molecule has 1 aromatic heterocycles. The van der Waals surface area contributed by atoms with Gasteiger partial charge in [0, 0.05) is 31.7 Å². The molecule has 1 fully saturated rings. The molecule has 8 nitrogen and oxygen atoms in total. The van der Waals surface area contributed by atoms with Gasteiger partial charge in [-0.1, -0.05) is 24.6 Å². The second-order valence-corrected chi connectivity index (χ2v) is 8.85. The molecule has 0 aliphatic carbocycles. The van der Waals surface area contributed by atoms with E-state index in [9.17, 15) is 9.59 Å². The van der Waals surface area contributed by atoms with Crippen LogP contribution < -0.4 is 15.8 Å². The van der Waals surface area contributed by atoms with Crippen LogP contribution in [-0.4, -0.2) is 61.2 Å². The van der Waals surface area contributed by atoms with Crippen LogP contribution in [-0.2, 0) is 4.74 Å². The Balaban J connectivity index is 1.47. The van der Waals surface area contributed by atoms with E-state index in [1.54, 1.807) is 24.3 Å². The number of nitrogens with two attached hydrogens (primary N) is 1. The number of piperidine rings is 1. The highest BCUT2D eigenvalue weighted by atomic mass is 16.5. The summed E-state index contributed by atoms with van der Waals surface area (Å²) >= 11 is 0. The maximum Gasteiger partial charge on any atom is 0.272 e. The van der Waals surface area contributed by atoms with Gasteiger partial charge in [-0.15, -0.1) is 0 Å². The smallest absolute Gasteiger partial charge is 0.272 e. The molecule has 3 heterocycles. The number of ether oxygens (including phenoxy) is 2. The van der Waals surface area contributed by atoms with Crippen LogP contribution in [0.1, 0.15) is 53.0 Å². The Kier molecular flexibility index (Phi) is 7.44. The number of benzene rings is 1. The molecule has 4 rings (SSSR count). The van der Waals surface area contributed by atoms with Crippen molar-refractivity contribution in [1.82, 2.24) is 15.2 Å². The highest BCUT2D eigenvalue weighted by Gasteiger charge is 2.37. The van der Waals surface area contributed by atoms with E-state index in [0.717, 1.165) is 32.1 Å². The minimum Gasteiger partial charge on any atom is -0.492 e. The van der Waals surface area contributed by atoms with Gasteiger partial charge in [-0.3, -0.25) is 9.59 Å². The van der Waals surface area contributed by atoms with Crippen LogP contribution in [0.15, 0.2) is 42.5 Å². The third-order valence-corrected chi connectivity index (χ3v) is 6.54. The van der Waals surface area contributed by atoms with E-state index < -0.39 is 0 Å². The number of hydrogen-bond acceptors (Lipinski definition) is 6. The number of hydrogen-bond donors (Lipinski definition) is 2. The highest BCUT2D eigenvalue weighted by molar-refractivity contribution is 5.96. The molecule has 176 valence electrons. The van der Waals surface area contributed by atoms with E-state index >= 15 is 0 Å². The van der Waals surface area contributed by atoms with Crippen molar-refractivity contribution in [3.8, 4) is 5.75 Å². The highest BCUT2D eigenvalue weighted by Crippen LogP contribution is 2.38. The quantitative estimate of drug-likeness (QED) is 0.689. The van der Waals surface area contributed by atoms with Crippen LogP contribution in [0.3, 0.4) is 0 Å². The van der Waals surface area contributed by atoms with Gasteiger partial charge in [0.25, 0.3) is 11.8 Å². The number of carbonyl (C=O) groups is 2. The van der Waals surface area contributed by atoms with E-state index in [1.807, 2.05) is 23.1 Å². The Labute approximate surface area is 194 Å². The molecule has 8 heteroatoms. The molecule has 1 saturated heterocycles. The van der Waals surface area contributed by atoms with Gasteiger partial charge in [0.05, 0.1) is 18.8 Å². The third kappa shape index (κ3) is 5.82. The number of nitrogen functional groups attached to an aromatic ring is 1.